The van der Waals surface area contributed by atoms with Crippen molar-refractivity contribution >= 4 is 34.0 Å². The number of hydrogen-bond acceptors (Lipinski definition) is 8. The number of nitrogens with zero attached hydrogens (tertiary/aromatic N) is 2. The number of aryl methyl sites for hydroxylation is 2. The predicted octanol–water partition coefficient (Wildman–Crippen LogP) is 2.86. The fourth-order valence-electron chi connectivity index (χ4n) is 2.04. The summed E-state index contributed by atoms with van der Waals surface area (Å²) in [6.07, 6.45) is 0. The third kappa shape index (κ3) is 4.76. The molecular formula is C16H17N3O6S. The van der Waals surface area contributed by atoms with Crippen molar-refractivity contribution < 1.29 is 24.0 Å². The Hall–Kier alpha value is -3.01. The number of anilines is 1. The van der Waals surface area contributed by atoms with E-state index in [4.69, 9.17) is 9.47 Å². The Morgan fingerprint density at radius 2 is 2.08 bits per heavy atom. The highest BCUT2D eigenvalue weighted by molar-refractivity contribution is 7.17. The first-order valence-electron chi connectivity index (χ1n) is 7.64. The van der Waals surface area contributed by atoms with Crippen LogP contribution >= 0.6 is 11.3 Å². The first-order chi connectivity index (χ1) is 12.3. The molecule has 0 unspecified atom stereocenters. The molecule has 0 saturated carbocycles. The van der Waals surface area contributed by atoms with Crippen LogP contribution in [-0.2, 0) is 9.53 Å². The third-order valence-corrected chi connectivity index (χ3v) is 4.28. The minimum atomic E-state index is -0.505. The van der Waals surface area contributed by atoms with Crippen LogP contribution in [0.25, 0.3) is 0 Å². The van der Waals surface area contributed by atoms with E-state index in [2.05, 4.69) is 10.3 Å². The maximum Gasteiger partial charge on any atom is 0.350 e. The number of amides is 1. The number of benzene rings is 1. The number of thiazole rings is 1. The SMILES string of the molecule is CCOC(=O)c1sc(NC(=O)COc2ccc([N+](=O)[O-])cc2C)nc1C. The molecule has 1 aromatic heterocycles. The molecule has 1 aromatic carbocycles. The molecule has 138 valence electrons. The standard InChI is InChI=1S/C16H17N3O6S/c1-4-24-15(21)14-10(3)17-16(26-14)18-13(20)8-25-12-6-5-11(19(22)23)7-9(12)2/h5-7H,4,8H2,1-3H3,(H,17,18,20). The lowest BCUT2D eigenvalue weighted by Crippen LogP contribution is -2.20. The van der Waals surface area contributed by atoms with Crippen LogP contribution in [0.5, 0.6) is 5.75 Å². The Morgan fingerprint density at radius 1 is 1.35 bits per heavy atom. The number of carbonyl (C=O) groups excluding carboxylic acids is 2. The average Bonchev–Trinajstić information content (AvgIpc) is 2.94. The number of rotatable bonds is 7. The van der Waals surface area contributed by atoms with E-state index in [1.54, 1.807) is 20.8 Å². The molecule has 10 heteroatoms. The van der Waals surface area contributed by atoms with Gasteiger partial charge in [-0.15, -0.1) is 0 Å². The Morgan fingerprint density at radius 3 is 2.69 bits per heavy atom. The van der Waals surface area contributed by atoms with Crippen molar-refractivity contribution in [3.63, 3.8) is 0 Å². The number of carbonyl (C=O) groups is 2. The fourth-order valence-corrected chi connectivity index (χ4v) is 2.92. The molecule has 0 atom stereocenters. The van der Waals surface area contributed by atoms with Gasteiger partial charge in [-0.3, -0.25) is 20.2 Å². The number of ether oxygens (including phenoxy) is 2. The van der Waals surface area contributed by atoms with E-state index in [0.29, 0.717) is 21.9 Å². The largest absolute Gasteiger partial charge is 0.483 e. The molecule has 0 aliphatic carbocycles. The summed E-state index contributed by atoms with van der Waals surface area (Å²) in [5.41, 5.74) is 0.960. The number of aromatic nitrogens is 1. The van der Waals surface area contributed by atoms with Gasteiger partial charge in [0.15, 0.2) is 11.7 Å². The molecule has 0 saturated heterocycles. The quantitative estimate of drug-likeness (QED) is 0.446. The average molecular weight is 379 g/mol. The van der Waals surface area contributed by atoms with E-state index >= 15 is 0 Å². The molecule has 1 amide bonds. The van der Waals surface area contributed by atoms with E-state index in [9.17, 15) is 19.7 Å². The van der Waals surface area contributed by atoms with Gasteiger partial charge in [0.2, 0.25) is 0 Å². The van der Waals surface area contributed by atoms with Crippen LogP contribution in [0.3, 0.4) is 0 Å². The van der Waals surface area contributed by atoms with Crippen LogP contribution in [-0.4, -0.2) is 35.0 Å². The Kier molecular flexibility index (Phi) is 6.23. The summed E-state index contributed by atoms with van der Waals surface area (Å²) in [5.74, 6) is -0.582. The molecule has 2 aromatic rings. The topological polar surface area (TPSA) is 121 Å². The summed E-state index contributed by atoms with van der Waals surface area (Å²) < 4.78 is 10.3. The van der Waals surface area contributed by atoms with Crippen molar-refractivity contribution in [2.75, 3.05) is 18.5 Å². The van der Waals surface area contributed by atoms with Crippen molar-refractivity contribution in [1.82, 2.24) is 4.98 Å². The van der Waals surface area contributed by atoms with Gasteiger partial charge in [0.1, 0.15) is 10.6 Å². The summed E-state index contributed by atoms with van der Waals surface area (Å²) in [6.45, 7) is 4.95. The van der Waals surface area contributed by atoms with Gasteiger partial charge >= 0.3 is 5.97 Å². The van der Waals surface area contributed by atoms with Crippen molar-refractivity contribution in [3.05, 3.63) is 44.4 Å². The molecular weight excluding hydrogens is 362 g/mol. The van der Waals surface area contributed by atoms with Gasteiger partial charge in [-0.05, 0) is 32.4 Å². The summed E-state index contributed by atoms with van der Waals surface area (Å²) in [6, 6.07) is 4.10. The highest BCUT2D eigenvalue weighted by atomic mass is 32.1. The van der Waals surface area contributed by atoms with Gasteiger partial charge in [-0.2, -0.15) is 0 Å². The number of esters is 1. The molecule has 0 aliphatic heterocycles. The smallest absolute Gasteiger partial charge is 0.350 e. The minimum absolute atomic E-state index is 0.0518. The summed E-state index contributed by atoms with van der Waals surface area (Å²) >= 11 is 1.02. The van der Waals surface area contributed by atoms with Gasteiger partial charge in [-0.25, -0.2) is 9.78 Å². The highest BCUT2D eigenvalue weighted by Crippen LogP contribution is 2.25. The maximum absolute atomic E-state index is 12.0. The Bertz CT molecular complexity index is 849. The van der Waals surface area contributed by atoms with E-state index < -0.39 is 16.8 Å². The van der Waals surface area contributed by atoms with Crippen molar-refractivity contribution in [3.8, 4) is 5.75 Å². The molecule has 9 nitrogen and oxygen atoms in total. The van der Waals surface area contributed by atoms with Crippen LogP contribution in [0.4, 0.5) is 10.8 Å². The molecule has 26 heavy (non-hydrogen) atoms. The summed E-state index contributed by atoms with van der Waals surface area (Å²) in [4.78, 5) is 38.4. The molecule has 1 N–H and O–H groups in total. The second-order valence-electron chi connectivity index (χ2n) is 5.20. The molecule has 0 bridgehead atoms. The van der Waals surface area contributed by atoms with Crippen molar-refractivity contribution in [2.24, 2.45) is 0 Å². The van der Waals surface area contributed by atoms with E-state index in [1.807, 2.05) is 0 Å². The number of nitro benzene ring substituents is 1. The zero-order valence-corrected chi connectivity index (χ0v) is 15.2. The van der Waals surface area contributed by atoms with Crippen LogP contribution in [0, 0.1) is 24.0 Å². The molecule has 0 fully saturated rings. The third-order valence-electron chi connectivity index (χ3n) is 3.23. The van der Waals surface area contributed by atoms with Gasteiger partial charge in [-0.1, -0.05) is 11.3 Å². The Labute approximate surface area is 153 Å². The zero-order chi connectivity index (χ0) is 19.3. The minimum Gasteiger partial charge on any atom is -0.483 e. The predicted molar refractivity (Wildman–Crippen MR) is 94.8 cm³/mol. The fraction of sp³-hybridized carbons (Fsp3) is 0.312. The van der Waals surface area contributed by atoms with Crippen LogP contribution in [0.15, 0.2) is 18.2 Å². The number of non-ortho nitro benzene ring substituents is 1. The molecule has 0 spiro atoms. The normalized spacial score (nSPS) is 10.3. The van der Waals surface area contributed by atoms with Crippen LogP contribution in [0.1, 0.15) is 27.9 Å². The van der Waals surface area contributed by atoms with Crippen molar-refractivity contribution in [2.45, 2.75) is 20.8 Å². The molecule has 0 radical (unpaired) electrons. The molecule has 1 heterocycles. The van der Waals surface area contributed by atoms with E-state index in [-0.39, 0.29) is 24.0 Å². The number of nitro groups is 1. The van der Waals surface area contributed by atoms with Gasteiger partial charge in [0.05, 0.1) is 17.2 Å². The van der Waals surface area contributed by atoms with Crippen molar-refractivity contribution in [1.29, 1.82) is 0 Å². The molecule has 0 aliphatic rings. The Balaban J connectivity index is 1.96. The first-order valence-corrected chi connectivity index (χ1v) is 8.45. The number of hydrogen-bond donors (Lipinski definition) is 1. The lowest BCUT2D eigenvalue weighted by atomic mass is 10.2. The summed E-state index contributed by atoms with van der Waals surface area (Å²) in [5, 5.41) is 13.5. The van der Waals surface area contributed by atoms with Gasteiger partial charge in [0.25, 0.3) is 11.6 Å². The van der Waals surface area contributed by atoms with Crippen LogP contribution < -0.4 is 10.1 Å². The summed E-state index contributed by atoms with van der Waals surface area (Å²) in [7, 11) is 0. The van der Waals surface area contributed by atoms with E-state index in [1.165, 1.54) is 18.2 Å². The second-order valence-corrected chi connectivity index (χ2v) is 6.20. The van der Waals surface area contributed by atoms with Crippen LogP contribution in [0.2, 0.25) is 0 Å². The maximum atomic E-state index is 12.0. The highest BCUT2D eigenvalue weighted by Gasteiger charge is 2.18. The lowest BCUT2D eigenvalue weighted by Gasteiger charge is -2.08. The van der Waals surface area contributed by atoms with E-state index in [0.717, 1.165) is 11.3 Å². The number of nitrogens with one attached hydrogen (secondary N) is 1. The van der Waals surface area contributed by atoms with Gasteiger partial charge in [0, 0.05) is 12.1 Å². The molecule has 2 rings (SSSR count). The lowest BCUT2D eigenvalue weighted by molar-refractivity contribution is -0.384. The first kappa shape index (κ1) is 19.3. The zero-order valence-electron chi connectivity index (χ0n) is 14.4. The van der Waals surface area contributed by atoms with Gasteiger partial charge < -0.3 is 9.47 Å². The monoisotopic (exact) mass is 379 g/mol. The second kappa shape index (κ2) is 8.39.